The Morgan fingerprint density at radius 3 is 2.42 bits per heavy atom. The molecule has 1 heterocycles. The van der Waals surface area contributed by atoms with Crippen molar-refractivity contribution in [3.05, 3.63) is 0 Å². The second-order valence-electron chi connectivity index (χ2n) is 7.03. The first-order chi connectivity index (χ1) is 11.1. The molecule has 1 aliphatic rings. The molecule has 8 nitrogen and oxygen atoms in total. The first kappa shape index (κ1) is 20.1. The van der Waals surface area contributed by atoms with E-state index in [0.717, 1.165) is 6.54 Å². The third-order valence-corrected chi connectivity index (χ3v) is 3.31. The summed E-state index contributed by atoms with van der Waals surface area (Å²) in [5, 5.41) is 6.42. The Kier molecular flexibility index (Phi) is 7.31. The Hall–Kier alpha value is -1.99. The second-order valence-corrected chi connectivity index (χ2v) is 7.03. The SMILES string of the molecule is CCNC(=NCCC(=O)N(C)C)NC1CN(C(=O)OC(C)(C)C)C1. The number of carbonyl (C=O) groups excluding carboxylic acids is 2. The van der Waals surface area contributed by atoms with Gasteiger partial charge >= 0.3 is 6.09 Å². The van der Waals surface area contributed by atoms with Crippen LogP contribution in [-0.2, 0) is 9.53 Å². The average molecular weight is 341 g/mol. The minimum absolute atomic E-state index is 0.0503. The topological polar surface area (TPSA) is 86.3 Å². The molecule has 0 radical (unpaired) electrons. The molecule has 0 bridgehead atoms. The first-order valence-electron chi connectivity index (χ1n) is 8.35. The van der Waals surface area contributed by atoms with E-state index in [1.165, 1.54) is 0 Å². The lowest BCUT2D eigenvalue weighted by Crippen LogP contribution is -2.63. The zero-order valence-electron chi connectivity index (χ0n) is 15.7. The van der Waals surface area contributed by atoms with Gasteiger partial charge in [0.05, 0.1) is 12.6 Å². The molecule has 0 saturated carbocycles. The van der Waals surface area contributed by atoms with E-state index in [2.05, 4.69) is 15.6 Å². The third kappa shape index (κ3) is 7.06. The van der Waals surface area contributed by atoms with Crippen LogP contribution in [-0.4, -0.2) is 79.7 Å². The highest BCUT2D eigenvalue weighted by Gasteiger charge is 2.34. The number of rotatable bonds is 5. The molecule has 1 fully saturated rings. The van der Waals surface area contributed by atoms with Gasteiger partial charge in [-0.15, -0.1) is 0 Å². The summed E-state index contributed by atoms with van der Waals surface area (Å²) >= 11 is 0. The van der Waals surface area contributed by atoms with Crippen molar-refractivity contribution in [3.63, 3.8) is 0 Å². The van der Waals surface area contributed by atoms with Crippen LogP contribution >= 0.6 is 0 Å². The van der Waals surface area contributed by atoms with Crippen molar-refractivity contribution >= 4 is 18.0 Å². The van der Waals surface area contributed by atoms with Gasteiger partial charge < -0.3 is 25.2 Å². The molecular weight excluding hydrogens is 310 g/mol. The maximum Gasteiger partial charge on any atom is 0.410 e. The second kappa shape index (κ2) is 8.75. The number of nitrogens with zero attached hydrogens (tertiary/aromatic N) is 3. The lowest BCUT2D eigenvalue weighted by Gasteiger charge is -2.40. The molecule has 0 atom stereocenters. The van der Waals surface area contributed by atoms with Crippen LogP contribution in [0.1, 0.15) is 34.1 Å². The summed E-state index contributed by atoms with van der Waals surface area (Å²) in [6.45, 7) is 9.86. The van der Waals surface area contributed by atoms with E-state index in [4.69, 9.17) is 4.74 Å². The van der Waals surface area contributed by atoms with Crippen LogP contribution in [0, 0.1) is 0 Å². The Morgan fingerprint density at radius 2 is 1.92 bits per heavy atom. The number of guanidine groups is 1. The van der Waals surface area contributed by atoms with E-state index in [1.807, 2.05) is 27.7 Å². The summed E-state index contributed by atoms with van der Waals surface area (Å²) < 4.78 is 5.33. The predicted octanol–water partition coefficient (Wildman–Crippen LogP) is 0.639. The molecule has 2 amide bonds. The highest BCUT2D eigenvalue weighted by molar-refractivity contribution is 5.81. The number of nitrogens with one attached hydrogen (secondary N) is 2. The Labute approximate surface area is 144 Å². The fraction of sp³-hybridized carbons (Fsp3) is 0.812. The molecule has 0 aromatic rings. The van der Waals surface area contributed by atoms with Crippen LogP contribution in [0.25, 0.3) is 0 Å². The quantitative estimate of drug-likeness (QED) is 0.566. The van der Waals surface area contributed by atoms with Gasteiger partial charge in [-0.1, -0.05) is 0 Å². The van der Waals surface area contributed by atoms with E-state index in [1.54, 1.807) is 23.9 Å². The molecule has 1 rings (SSSR count). The Balaban J connectivity index is 2.40. The monoisotopic (exact) mass is 341 g/mol. The van der Waals surface area contributed by atoms with E-state index in [-0.39, 0.29) is 18.0 Å². The van der Waals surface area contributed by atoms with Gasteiger partial charge in [0, 0.05) is 40.2 Å². The maximum absolute atomic E-state index is 11.9. The number of ether oxygens (including phenoxy) is 1. The Bertz CT molecular complexity index is 465. The van der Waals surface area contributed by atoms with Crippen molar-refractivity contribution in [2.24, 2.45) is 4.99 Å². The van der Waals surface area contributed by atoms with Crippen LogP contribution in [0.3, 0.4) is 0 Å². The number of amides is 2. The van der Waals surface area contributed by atoms with Crippen molar-refractivity contribution in [1.82, 2.24) is 20.4 Å². The van der Waals surface area contributed by atoms with Crippen LogP contribution < -0.4 is 10.6 Å². The zero-order valence-corrected chi connectivity index (χ0v) is 15.7. The smallest absolute Gasteiger partial charge is 0.410 e. The van der Waals surface area contributed by atoms with Crippen LogP contribution in [0.5, 0.6) is 0 Å². The van der Waals surface area contributed by atoms with Crippen molar-refractivity contribution in [2.45, 2.75) is 45.8 Å². The predicted molar refractivity (Wildman–Crippen MR) is 94.0 cm³/mol. The first-order valence-corrected chi connectivity index (χ1v) is 8.35. The summed E-state index contributed by atoms with van der Waals surface area (Å²) in [5.74, 6) is 0.715. The van der Waals surface area contributed by atoms with Gasteiger partial charge in [0.25, 0.3) is 0 Å². The summed E-state index contributed by atoms with van der Waals surface area (Å²) in [4.78, 5) is 31.1. The fourth-order valence-corrected chi connectivity index (χ4v) is 2.05. The van der Waals surface area contributed by atoms with Gasteiger partial charge in [-0.25, -0.2) is 4.79 Å². The third-order valence-electron chi connectivity index (χ3n) is 3.31. The largest absolute Gasteiger partial charge is 0.444 e. The zero-order chi connectivity index (χ0) is 18.3. The summed E-state index contributed by atoms with van der Waals surface area (Å²) in [5.41, 5.74) is -0.481. The van der Waals surface area contributed by atoms with Gasteiger partial charge in [-0.05, 0) is 27.7 Å². The molecule has 0 aliphatic carbocycles. The van der Waals surface area contributed by atoms with E-state index in [0.29, 0.717) is 32.0 Å². The molecule has 138 valence electrons. The Morgan fingerprint density at radius 1 is 1.29 bits per heavy atom. The fourth-order valence-electron chi connectivity index (χ4n) is 2.05. The minimum Gasteiger partial charge on any atom is -0.444 e. The van der Waals surface area contributed by atoms with Gasteiger partial charge in [0.1, 0.15) is 5.60 Å². The molecule has 2 N–H and O–H groups in total. The van der Waals surface area contributed by atoms with Gasteiger partial charge in [0.15, 0.2) is 5.96 Å². The molecule has 1 aliphatic heterocycles. The molecule has 0 unspecified atom stereocenters. The minimum atomic E-state index is -0.481. The van der Waals surface area contributed by atoms with Crippen LogP contribution in [0.15, 0.2) is 4.99 Å². The molecule has 0 spiro atoms. The van der Waals surface area contributed by atoms with Gasteiger partial charge in [0.2, 0.25) is 5.91 Å². The lowest BCUT2D eigenvalue weighted by molar-refractivity contribution is -0.128. The van der Waals surface area contributed by atoms with Crippen molar-refractivity contribution < 1.29 is 14.3 Å². The average Bonchev–Trinajstić information content (AvgIpc) is 2.39. The molecule has 24 heavy (non-hydrogen) atoms. The highest BCUT2D eigenvalue weighted by atomic mass is 16.6. The summed E-state index contributed by atoms with van der Waals surface area (Å²) in [7, 11) is 3.46. The summed E-state index contributed by atoms with van der Waals surface area (Å²) in [6.07, 6.45) is 0.0808. The molecule has 0 aromatic heterocycles. The summed E-state index contributed by atoms with van der Waals surface area (Å²) in [6, 6.07) is 0.139. The number of aliphatic imine (C=N–C) groups is 1. The van der Waals surface area contributed by atoms with Crippen molar-refractivity contribution in [1.29, 1.82) is 0 Å². The van der Waals surface area contributed by atoms with Crippen molar-refractivity contribution in [2.75, 3.05) is 40.3 Å². The number of carbonyl (C=O) groups is 2. The standard InChI is InChI=1S/C16H31N5O3/c1-7-17-14(18-9-8-13(22)20(5)6)19-12-10-21(11-12)15(23)24-16(2,3)4/h12H,7-11H2,1-6H3,(H2,17,18,19). The van der Waals surface area contributed by atoms with E-state index in [9.17, 15) is 9.59 Å². The number of hydrogen-bond donors (Lipinski definition) is 2. The maximum atomic E-state index is 11.9. The van der Waals surface area contributed by atoms with E-state index >= 15 is 0 Å². The highest BCUT2D eigenvalue weighted by Crippen LogP contribution is 2.15. The lowest BCUT2D eigenvalue weighted by atomic mass is 10.1. The van der Waals surface area contributed by atoms with E-state index < -0.39 is 5.60 Å². The molecule has 0 aromatic carbocycles. The normalized spacial score (nSPS) is 15.6. The van der Waals surface area contributed by atoms with Gasteiger partial charge in [-0.3, -0.25) is 9.79 Å². The number of hydrogen-bond acceptors (Lipinski definition) is 4. The molecule has 8 heteroatoms. The number of likely N-dealkylation sites (tertiary alicyclic amines) is 1. The molecule has 1 saturated heterocycles. The van der Waals surface area contributed by atoms with Crippen molar-refractivity contribution in [3.8, 4) is 0 Å². The van der Waals surface area contributed by atoms with Gasteiger partial charge in [-0.2, -0.15) is 0 Å². The van der Waals surface area contributed by atoms with Crippen LogP contribution in [0.2, 0.25) is 0 Å². The van der Waals surface area contributed by atoms with Crippen LogP contribution in [0.4, 0.5) is 4.79 Å². The molecular formula is C16H31N5O3.